The van der Waals surface area contributed by atoms with Crippen LogP contribution in [-0.2, 0) is 42.5 Å². The maximum atomic E-state index is 17.8. The smallest absolute Gasteiger partial charge is 0.153 e. The normalized spacial score (nSPS) is 32.2. The van der Waals surface area contributed by atoms with Gasteiger partial charge in [-0.05, 0) is 152 Å². The number of aromatic nitrogens is 2. The van der Waals surface area contributed by atoms with Crippen molar-refractivity contribution in [2.45, 2.75) is 120 Å². The zero-order valence-corrected chi connectivity index (χ0v) is 46.9. The number of carbonyl (C=O) groups excluding carboxylic acids is 1. The van der Waals surface area contributed by atoms with E-state index in [-0.39, 0.29) is 60.3 Å². The van der Waals surface area contributed by atoms with Gasteiger partial charge in [-0.2, -0.15) is 0 Å². The Kier molecular flexibility index (Phi) is 15.2. The molecule has 6 aliphatic rings. The molecule has 7 unspecified atom stereocenters. The van der Waals surface area contributed by atoms with E-state index in [1.807, 2.05) is 37.6 Å². The van der Waals surface area contributed by atoms with Gasteiger partial charge >= 0.3 is 0 Å². The van der Waals surface area contributed by atoms with Gasteiger partial charge < -0.3 is 34.5 Å². The van der Waals surface area contributed by atoms with Crippen molar-refractivity contribution in [1.29, 1.82) is 0 Å². The fourth-order valence-electron chi connectivity index (χ4n) is 15.5. The van der Waals surface area contributed by atoms with Gasteiger partial charge in [-0.25, -0.2) is 4.98 Å². The molecule has 1 aromatic heterocycles. The van der Waals surface area contributed by atoms with Crippen molar-refractivity contribution >= 4 is 29.0 Å². The number of hydrogen-bond donors (Lipinski definition) is 2. The molecular formula is C61H79Cl2N9O3. The monoisotopic (exact) mass is 1060 g/mol. The van der Waals surface area contributed by atoms with E-state index in [0.717, 1.165) is 104 Å². The summed E-state index contributed by atoms with van der Waals surface area (Å²) in [6, 6.07) is 33.7. The number of halogens is 2. The van der Waals surface area contributed by atoms with Crippen LogP contribution in [0.15, 0.2) is 103 Å². The Morgan fingerprint density at radius 2 is 1.60 bits per heavy atom. The van der Waals surface area contributed by atoms with Gasteiger partial charge in [-0.15, -0.1) is 0 Å². The predicted molar refractivity (Wildman–Crippen MR) is 301 cm³/mol. The molecule has 5 saturated heterocycles. The molecule has 0 amide bonds. The van der Waals surface area contributed by atoms with Crippen LogP contribution in [0.3, 0.4) is 0 Å². The molecule has 0 radical (unpaired) electrons. The molecule has 6 heterocycles. The molecule has 12 atom stereocenters. The van der Waals surface area contributed by atoms with Gasteiger partial charge in [0, 0.05) is 109 Å². The summed E-state index contributed by atoms with van der Waals surface area (Å²) in [6.07, 6.45) is 7.40. The standard InChI is InChI=1S/C61H79Cl2N9O3/c1-9-60-54-30-44(28-40-14-11-10-12-15-40)57(60)68(5)39(2)33-64-53-32-47(29-41-16-21-45(62)22-17-41)69(6)58-49(38-74-8)66-56(61(53,58)59(60)73)51(36-71-26-13-27-71)72(54)35-43-18-23-46(63)31-52(43)75-48-24-19-42(20-25-48)50-34-65-55(70(50)7)37-67(3)4/h10-12,14-25,31,34,39,44,47,49,51,53-54,56-58,64,66H,9,13,26-30,32-33,35-38H2,1-8H3/t39-,44+,47-,49+,51-,53?,54?,56?,57?,58?,60?,61?/m0/s1. The molecule has 75 heavy (non-hydrogen) atoms. The van der Waals surface area contributed by atoms with Gasteiger partial charge in [0.15, 0.2) is 5.78 Å². The lowest BCUT2D eigenvalue weighted by Gasteiger charge is -2.57. The number of rotatable bonds is 16. The largest absolute Gasteiger partial charge is 0.457 e. The highest BCUT2D eigenvalue weighted by atomic mass is 35.5. The predicted octanol–water partition coefficient (Wildman–Crippen LogP) is 8.68. The minimum atomic E-state index is -0.792. The van der Waals surface area contributed by atoms with E-state index < -0.39 is 10.8 Å². The molecule has 6 fully saturated rings. The molecule has 12 nitrogen and oxygen atoms in total. The van der Waals surface area contributed by atoms with Crippen molar-refractivity contribution < 1.29 is 14.3 Å². The summed E-state index contributed by atoms with van der Waals surface area (Å²) >= 11 is 13.4. The van der Waals surface area contributed by atoms with Crippen LogP contribution in [0.2, 0.25) is 10.0 Å². The summed E-state index contributed by atoms with van der Waals surface area (Å²) in [5.41, 5.74) is 4.26. The lowest BCUT2D eigenvalue weighted by Crippen LogP contribution is -2.74. The first-order chi connectivity index (χ1) is 36.2. The molecular weight excluding hydrogens is 978 g/mol. The van der Waals surface area contributed by atoms with Gasteiger partial charge in [0.05, 0.1) is 35.9 Å². The number of likely N-dealkylation sites (N-methyl/N-ethyl adjacent to an activating group) is 2. The Bertz CT molecular complexity index is 2790. The molecule has 2 bridgehead atoms. The highest BCUT2D eigenvalue weighted by molar-refractivity contribution is 6.31. The first kappa shape index (κ1) is 52.9. The second-order valence-corrected chi connectivity index (χ2v) is 24.3. The van der Waals surface area contributed by atoms with Crippen LogP contribution in [0, 0.1) is 16.7 Å². The van der Waals surface area contributed by atoms with Crippen molar-refractivity contribution in [2.24, 2.45) is 23.8 Å². The van der Waals surface area contributed by atoms with E-state index in [9.17, 15) is 0 Å². The third kappa shape index (κ3) is 9.40. The molecule has 5 aromatic rings. The van der Waals surface area contributed by atoms with Gasteiger partial charge in [-0.1, -0.05) is 78.7 Å². The zero-order valence-electron chi connectivity index (χ0n) is 45.4. The van der Waals surface area contributed by atoms with Crippen LogP contribution in [0.1, 0.15) is 62.0 Å². The number of imidazole rings is 1. The number of benzene rings is 4. The molecule has 14 heteroatoms. The molecule has 1 saturated carbocycles. The highest BCUT2D eigenvalue weighted by Crippen LogP contribution is 2.63. The Morgan fingerprint density at radius 3 is 2.29 bits per heavy atom. The second kappa shape index (κ2) is 21.6. The maximum absolute atomic E-state index is 17.8. The fraction of sp³-hybridized carbons (Fsp3) is 0.541. The number of hydrogen-bond acceptors (Lipinski definition) is 11. The third-order valence-corrected chi connectivity index (χ3v) is 19.6. The molecule has 11 rings (SSSR count). The topological polar surface area (TPSA) is 93.6 Å². The van der Waals surface area contributed by atoms with Crippen molar-refractivity contribution in [3.63, 3.8) is 0 Å². The van der Waals surface area contributed by atoms with Gasteiger partial charge in [0.1, 0.15) is 17.3 Å². The first-order valence-corrected chi connectivity index (χ1v) is 28.5. The van der Waals surface area contributed by atoms with E-state index in [4.69, 9.17) is 37.7 Å². The molecule has 4 aromatic carbocycles. The van der Waals surface area contributed by atoms with Crippen molar-refractivity contribution in [2.75, 3.05) is 68.1 Å². The summed E-state index contributed by atoms with van der Waals surface area (Å²) in [5, 5.41) is 10.0. The second-order valence-electron chi connectivity index (χ2n) is 23.4. The van der Waals surface area contributed by atoms with Crippen LogP contribution in [-0.4, -0.2) is 162 Å². The Balaban J connectivity index is 1.06. The lowest BCUT2D eigenvalue weighted by molar-refractivity contribution is -0.154. The maximum Gasteiger partial charge on any atom is 0.153 e. The number of ketones is 1. The number of piperidine rings is 1. The average Bonchev–Trinajstić information content (AvgIpc) is 4.03. The van der Waals surface area contributed by atoms with Gasteiger partial charge in [-0.3, -0.25) is 19.5 Å². The van der Waals surface area contributed by atoms with E-state index >= 15 is 4.79 Å². The van der Waals surface area contributed by atoms with E-state index in [0.29, 0.717) is 24.0 Å². The Morgan fingerprint density at radius 1 is 0.867 bits per heavy atom. The summed E-state index contributed by atoms with van der Waals surface area (Å²) in [5.74, 6) is 3.16. The number of Topliss-reactive ketones (excluding diaryl/α,β-unsaturated/α-hetero) is 1. The summed E-state index contributed by atoms with van der Waals surface area (Å²) in [7, 11) is 12.7. The van der Waals surface area contributed by atoms with Crippen LogP contribution in [0.5, 0.6) is 11.5 Å². The summed E-state index contributed by atoms with van der Waals surface area (Å²) in [4.78, 5) is 35.5. The lowest BCUT2D eigenvalue weighted by atomic mass is 9.54. The Labute approximate surface area is 456 Å². The summed E-state index contributed by atoms with van der Waals surface area (Å²) < 4.78 is 15.4. The van der Waals surface area contributed by atoms with Crippen LogP contribution >= 0.6 is 23.2 Å². The van der Waals surface area contributed by atoms with Crippen molar-refractivity contribution in [1.82, 2.24) is 44.7 Å². The highest BCUT2D eigenvalue weighted by Gasteiger charge is 2.77. The van der Waals surface area contributed by atoms with Crippen molar-refractivity contribution in [3.8, 4) is 22.8 Å². The SMILES string of the molecule is CCC12C(=O)C34C5C[C@H](Cc6ccc(Cl)cc6)N(C)C3[C@@H](COC)NC4[C@H](CN3CCC3)N(Cc3ccc(Cl)cc3Oc3ccc(-c4cnc(CN(C)C)n4C)cc3)C1C[C@@H](Cc1ccccc1)C2N(C)[C@@H](C)CN5. The number of ether oxygens (including phenoxy) is 2. The van der Waals surface area contributed by atoms with Crippen molar-refractivity contribution in [3.05, 3.63) is 136 Å². The first-order valence-electron chi connectivity index (χ1n) is 27.7. The zero-order chi connectivity index (χ0) is 52.3. The quantitative estimate of drug-likeness (QED) is 0.0996. The van der Waals surface area contributed by atoms with E-state index in [1.54, 1.807) is 0 Å². The number of likely N-dealkylation sites (tertiary alicyclic amines) is 3. The average molecular weight is 1060 g/mol. The number of carbonyl (C=O) groups is 1. The number of nitrogens with one attached hydrogen (secondary N) is 2. The van der Waals surface area contributed by atoms with Crippen LogP contribution in [0.4, 0.5) is 0 Å². The fourth-order valence-corrected chi connectivity index (χ4v) is 15.8. The summed E-state index contributed by atoms with van der Waals surface area (Å²) in [6.45, 7) is 10.3. The third-order valence-electron chi connectivity index (χ3n) is 19.1. The Hall–Kier alpha value is -4.18. The number of nitrogens with zero attached hydrogens (tertiary/aromatic N) is 7. The molecule has 1 spiro atoms. The molecule has 1 aliphatic carbocycles. The van der Waals surface area contributed by atoms with E-state index in [1.165, 1.54) is 17.5 Å². The minimum Gasteiger partial charge on any atom is -0.457 e. The number of methoxy groups -OCH3 is 1. The van der Waals surface area contributed by atoms with Gasteiger partial charge in [0.2, 0.25) is 0 Å². The molecule has 2 N–H and O–H groups in total. The van der Waals surface area contributed by atoms with Gasteiger partial charge in [0.25, 0.3) is 0 Å². The van der Waals surface area contributed by atoms with Crippen LogP contribution in [0.25, 0.3) is 11.3 Å². The minimum absolute atomic E-state index is 0.00639. The molecule has 5 aliphatic heterocycles. The van der Waals surface area contributed by atoms with Crippen LogP contribution < -0.4 is 15.4 Å². The van der Waals surface area contributed by atoms with E-state index in [2.05, 4.69) is 162 Å². The molecule has 400 valence electrons.